The van der Waals surface area contributed by atoms with E-state index in [0.717, 1.165) is 0 Å². The van der Waals surface area contributed by atoms with Gasteiger partial charge in [-0.1, -0.05) is 6.08 Å². The van der Waals surface area contributed by atoms with Gasteiger partial charge in [0, 0.05) is 25.2 Å². The van der Waals surface area contributed by atoms with Crippen molar-refractivity contribution in [3.05, 3.63) is 36.4 Å². The molecule has 0 aliphatic heterocycles. The van der Waals surface area contributed by atoms with Gasteiger partial charge in [-0.05, 0) is 12.1 Å². The van der Waals surface area contributed by atoms with E-state index in [1.807, 2.05) is 0 Å². The number of carbonyl (C=O) groups excluding carboxylic acids is 1. The van der Waals surface area contributed by atoms with Crippen LogP contribution in [0.5, 0.6) is 5.75 Å². The maximum absolute atomic E-state index is 11.3. The number of aromatic hydroxyl groups is 1. The number of carbonyl (C=O) groups is 2. The lowest BCUT2D eigenvalue weighted by Crippen LogP contribution is -2.28. The van der Waals surface area contributed by atoms with Crippen LogP contribution in [0.1, 0.15) is 17.3 Å². The summed E-state index contributed by atoms with van der Waals surface area (Å²) in [5.41, 5.74) is 0.232. The zero-order valence-corrected chi connectivity index (χ0v) is 9.38. The molecule has 2 N–H and O–H groups in total. The van der Waals surface area contributed by atoms with Crippen LogP contribution < -0.4 is 4.90 Å². The van der Waals surface area contributed by atoms with Gasteiger partial charge >= 0.3 is 5.97 Å². The fourth-order valence-corrected chi connectivity index (χ4v) is 1.41. The molecule has 0 unspecified atom stereocenters. The predicted octanol–water partition coefficient (Wildman–Crippen LogP) is 1.63. The van der Waals surface area contributed by atoms with E-state index in [-0.39, 0.29) is 17.2 Å². The summed E-state index contributed by atoms with van der Waals surface area (Å²) in [6.07, 6.45) is 1.55. The quantitative estimate of drug-likeness (QED) is 0.777. The van der Waals surface area contributed by atoms with Crippen molar-refractivity contribution in [3.63, 3.8) is 0 Å². The first-order chi connectivity index (χ1) is 7.97. The highest BCUT2D eigenvalue weighted by atomic mass is 16.4. The van der Waals surface area contributed by atoms with Gasteiger partial charge in [-0.2, -0.15) is 0 Å². The molecule has 0 atom stereocenters. The second-order valence-electron chi connectivity index (χ2n) is 3.42. The average molecular weight is 235 g/mol. The van der Waals surface area contributed by atoms with Crippen LogP contribution in [0.15, 0.2) is 30.9 Å². The third-order valence-corrected chi connectivity index (χ3v) is 2.22. The first kappa shape index (κ1) is 12.8. The fraction of sp³-hybridized carbons (Fsp3) is 0.167. The molecule has 0 saturated heterocycles. The molecule has 1 aromatic rings. The smallest absolute Gasteiger partial charge is 0.339 e. The van der Waals surface area contributed by atoms with Crippen molar-refractivity contribution in [1.82, 2.24) is 0 Å². The Bertz CT molecular complexity index is 468. The highest BCUT2D eigenvalue weighted by Crippen LogP contribution is 2.24. The van der Waals surface area contributed by atoms with E-state index in [4.69, 9.17) is 5.11 Å². The van der Waals surface area contributed by atoms with E-state index in [0.29, 0.717) is 12.2 Å². The number of hydrogen-bond donors (Lipinski definition) is 2. The number of carboxylic acids is 1. The summed E-state index contributed by atoms with van der Waals surface area (Å²) in [6.45, 7) is 5.20. The summed E-state index contributed by atoms with van der Waals surface area (Å²) >= 11 is 0. The molecule has 1 rings (SSSR count). The number of hydrogen-bond acceptors (Lipinski definition) is 3. The Hall–Kier alpha value is -2.30. The van der Waals surface area contributed by atoms with Crippen molar-refractivity contribution in [2.45, 2.75) is 6.92 Å². The number of anilines is 1. The van der Waals surface area contributed by atoms with Crippen molar-refractivity contribution in [2.75, 3.05) is 11.4 Å². The number of phenols is 1. The van der Waals surface area contributed by atoms with Crippen LogP contribution in [0.25, 0.3) is 0 Å². The SMILES string of the molecule is C=CCN(C(C)=O)c1ccc(C(=O)O)c(O)c1. The number of benzene rings is 1. The molecule has 90 valence electrons. The molecule has 0 radical (unpaired) electrons. The first-order valence-corrected chi connectivity index (χ1v) is 4.92. The van der Waals surface area contributed by atoms with E-state index >= 15 is 0 Å². The van der Waals surface area contributed by atoms with Gasteiger partial charge in [0.15, 0.2) is 0 Å². The molecule has 0 bridgehead atoms. The molecule has 0 heterocycles. The molecule has 1 aromatic carbocycles. The highest BCUT2D eigenvalue weighted by Gasteiger charge is 2.14. The van der Waals surface area contributed by atoms with Crippen molar-refractivity contribution in [2.24, 2.45) is 0 Å². The third kappa shape index (κ3) is 2.84. The standard InChI is InChI=1S/C12H13NO4/c1-3-6-13(8(2)14)9-4-5-10(12(16)17)11(15)7-9/h3-5,7,15H,1,6H2,2H3,(H,16,17). The molecule has 5 heteroatoms. The van der Waals surface area contributed by atoms with Crippen LogP contribution in [0.3, 0.4) is 0 Å². The number of aromatic carboxylic acids is 1. The van der Waals surface area contributed by atoms with Crippen LogP contribution in [0.2, 0.25) is 0 Å². The van der Waals surface area contributed by atoms with Crippen LogP contribution in [0.4, 0.5) is 5.69 Å². The summed E-state index contributed by atoms with van der Waals surface area (Å²) < 4.78 is 0. The van der Waals surface area contributed by atoms with E-state index in [2.05, 4.69) is 6.58 Å². The monoisotopic (exact) mass is 235 g/mol. The lowest BCUT2D eigenvalue weighted by molar-refractivity contribution is -0.116. The van der Waals surface area contributed by atoms with Gasteiger partial charge in [0.2, 0.25) is 5.91 Å². The lowest BCUT2D eigenvalue weighted by atomic mass is 10.1. The van der Waals surface area contributed by atoms with Crippen molar-refractivity contribution in [3.8, 4) is 5.75 Å². The van der Waals surface area contributed by atoms with Crippen LogP contribution in [0, 0.1) is 0 Å². The van der Waals surface area contributed by atoms with E-state index in [1.165, 1.54) is 30.0 Å². The van der Waals surface area contributed by atoms with E-state index < -0.39 is 5.97 Å². The Morgan fingerprint density at radius 1 is 1.47 bits per heavy atom. The Morgan fingerprint density at radius 3 is 2.53 bits per heavy atom. The van der Waals surface area contributed by atoms with Crippen LogP contribution in [-0.2, 0) is 4.79 Å². The maximum Gasteiger partial charge on any atom is 0.339 e. The minimum absolute atomic E-state index is 0.198. The van der Waals surface area contributed by atoms with Gasteiger partial charge in [-0.15, -0.1) is 6.58 Å². The molecule has 0 spiro atoms. The van der Waals surface area contributed by atoms with Crippen LogP contribution in [-0.4, -0.2) is 28.6 Å². The third-order valence-electron chi connectivity index (χ3n) is 2.22. The molecule has 17 heavy (non-hydrogen) atoms. The maximum atomic E-state index is 11.3. The summed E-state index contributed by atoms with van der Waals surface area (Å²) in [7, 11) is 0. The topological polar surface area (TPSA) is 77.8 Å². The second-order valence-corrected chi connectivity index (χ2v) is 3.42. The predicted molar refractivity (Wildman–Crippen MR) is 63.3 cm³/mol. The zero-order valence-electron chi connectivity index (χ0n) is 9.38. The Labute approximate surface area is 98.6 Å². The van der Waals surface area contributed by atoms with Crippen molar-refractivity contribution in [1.29, 1.82) is 0 Å². The number of amides is 1. The second kappa shape index (κ2) is 5.16. The Morgan fingerprint density at radius 2 is 2.12 bits per heavy atom. The molecule has 5 nitrogen and oxygen atoms in total. The zero-order chi connectivity index (χ0) is 13.0. The van der Waals surface area contributed by atoms with E-state index in [1.54, 1.807) is 6.08 Å². The van der Waals surface area contributed by atoms with Gasteiger partial charge in [0.25, 0.3) is 0 Å². The van der Waals surface area contributed by atoms with Gasteiger partial charge in [-0.25, -0.2) is 4.79 Å². The van der Waals surface area contributed by atoms with Crippen molar-refractivity contribution >= 4 is 17.6 Å². The Kier molecular flexibility index (Phi) is 3.87. The normalized spacial score (nSPS) is 9.71. The lowest BCUT2D eigenvalue weighted by Gasteiger charge is -2.19. The molecular formula is C12H13NO4. The number of carboxylic acid groups (broad SMARTS) is 1. The van der Waals surface area contributed by atoms with Crippen LogP contribution >= 0.6 is 0 Å². The highest BCUT2D eigenvalue weighted by molar-refractivity contribution is 5.95. The Balaban J connectivity index is 3.14. The summed E-state index contributed by atoms with van der Waals surface area (Å²) in [5, 5.41) is 18.3. The summed E-state index contributed by atoms with van der Waals surface area (Å²) in [5.74, 6) is -1.80. The van der Waals surface area contributed by atoms with Gasteiger partial charge in [0.05, 0.1) is 0 Å². The molecule has 0 aromatic heterocycles. The average Bonchev–Trinajstić information content (AvgIpc) is 2.24. The molecule has 0 aliphatic rings. The van der Waals surface area contributed by atoms with Gasteiger partial charge < -0.3 is 15.1 Å². The minimum atomic E-state index is -1.22. The van der Waals surface area contributed by atoms with Crippen molar-refractivity contribution < 1.29 is 19.8 Å². The first-order valence-electron chi connectivity index (χ1n) is 4.92. The molecular weight excluding hydrogens is 222 g/mol. The van der Waals surface area contributed by atoms with Gasteiger partial charge in [-0.3, -0.25) is 4.79 Å². The number of nitrogens with zero attached hydrogens (tertiary/aromatic N) is 1. The molecule has 0 fully saturated rings. The van der Waals surface area contributed by atoms with Gasteiger partial charge in [0.1, 0.15) is 11.3 Å². The van der Waals surface area contributed by atoms with E-state index in [9.17, 15) is 14.7 Å². The molecule has 0 aliphatic carbocycles. The number of rotatable bonds is 4. The minimum Gasteiger partial charge on any atom is -0.507 e. The molecule has 0 saturated carbocycles. The summed E-state index contributed by atoms with van der Waals surface area (Å²) in [4.78, 5) is 23.4. The summed E-state index contributed by atoms with van der Waals surface area (Å²) in [6, 6.07) is 3.97. The molecule has 1 amide bonds. The fourth-order valence-electron chi connectivity index (χ4n) is 1.41. The largest absolute Gasteiger partial charge is 0.507 e.